The van der Waals surface area contributed by atoms with Crippen LogP contribution >= 0.6 is 0 Å². The second-order valence-corrected chi connectivity index (χ2v) is 14.3. The lowest BCUT2D eigenvalue weighted by atomic mass is 10.1. The molecule has 2 aliphatic carbocycles. The van der Waals surface area contributed by atoms with E-state index >= 15 is 0 Å². The van der Waals surface area contributed by atoms with Crippen molar-refractivity contribution in [3.8, 4) is 0 Å². The topological polar surface area (TPSA) is 116 Å². The molecular formula is C25H26F3N5O4S2. The number of alkyl halides is 3. The van der Waals surface area contributed by atoms with Crippen LogP contribution in [0.25, 0.3) is 22.1 Å². The van der Waals surface area contributed by atoms with E-state index in [9.17, 15) is 30.0 Å². The summed E-state index contributed by atoms with van der Waals surface area (Å²) in [4.78, 5) is 8.09. The van der Waals surface area contributed by atoms with Gasteiger partial charge in [0.05, 0.1) is 21.9 Å². The van der Waals surface area contributed by atoms with Crippen molar-refractivity contribution in [3.63, 3.8) is 0 Å². The average Bonchev–Trinajstić information content (AvgIpc) is 3.37. The van der Waals surface area contributed by atoms with Gasteiger partial charge in [0.1, 0.15) is 5.52 Å². The Bertz CT molecular complexity index is 1810. The third-order valence-corrected chi connectivity index (χ3v) is 11.3. The molecule has 3 atom stereocenters. The van der Waals surface area contributed by atoms with Crippen LogP contribution in [0.1, 0.15) is 50.0 Å². The average molecular weight is 582 g/mol. The number of sulfonamides is 1. The van der Waals surface area contributed by atoms with Crippen molar-refractivity contribution in [1.29, 1.82) is 0 Å². The van der Waals surface area contributed by atoms with Crippen molar-refractivity contribution in [2.24, 2.45) is 5.92 Å². The number of rotatable bonds is 6. The summed E-state index contributed by atoms with van der Waals surface area (Å²) in [6, 6.07) is 6.43. The Labute approximate surface area is 223 Å². The zero-order valence-electron chi connectivity index (χ0n) is 21.1. The number of fused-ring (bicyclic) bond motifs is 3. The predicted molar refractivity (Wildman–Crippen MR) is 138 cm³/mol. The smallest absolute Gasteiger partial charge is 0.316 e. The molecule has 0 amide bonds. The molecule has 0 bridgehead atoms. The quantitative estimate of drug-likeness (QED) is 0.362. The van der Waals surface area contributed by atoms with E-state index < -0.39 is 49.4 Å². The van der Waals surface area contributed by atoms with Gasteiger partial charge in [-0.15, -0.1) is 0 Å². The number of imidazole rings is 1. The third-order valence-electron chi connectivity index (χ3n) is 7.62. The summed E-state index contributed by atoms with van der Waals surface area (Å²) in [7, 11) is -7.60. The van der Waals surface area contributed by atoms with Crippen molar-refractivity contribution in [2.45, 2.75) is 67.9 Å². The fourth-order valence-electron chi connectivity index (χ4n) is 5.58. The Morgan fingerprint density at radius 1 is 1.03 bits per heavy atom. The Morgan fingerprint density at radius 2 is 1.72 bits per heavy atom. The minimum absolute atomic E-state index is 0.0189. The highest BCUT2D eigenvalue weighted by atomic mass is 32.2. The Morgan fingerprint density at radius 3 is 2.36 bits per heavy atom. The van der Waals surface area contributed by atoms with E-state index in [2.05, 4.69) is 14.7 Å². The molecule has 3 aromatic heterocycles. The van der Waals surface area contributed by atoms with Gasteiger partial charge < -0.3 is 4.57 Å². The molecular weight excluding hydrogens is 555 g/mol. The van der Waals surface area contributed by atoms with Gasteiger partial charge in [0.25, 0.3) is 10.0 Å². The molecule has 0 aliphatic heterocycles. The van der Waals surface area contributed by atoms with Crippen molar-refractivity contribution < 1.29 is 30.0 Å². The number of hydrogen-bond donors (Lipinski definition) is 1. The number of pyridine rings is 1. The number of aromatic nitrogens is 4. The lowest BCUT2D eigenvalue weighted by Crippen LogP contribution is -2.35. The van der Waals surface area contributed by atoms with Crippen molar-refractivity contribution in [1.82, 2.24) is 23.2 Å². The van der Waals surface area contributed by atoms with Gasteiger partial charge >= 0.3 is 6.18 Å². The number of aryl methyl sites for hydroxylation is 1. The monoisotopic (exact) mass is 581 g/mol. The standard InChI is InChI=1S/C25H26F3N5O4S2/c1-14-3-5-18(6-4-14)39(36,37)32-10-9-19-22-20(13-29-23(19)32)30-24(25(26,27)28)33(22)21-12-16(11-15(21)2)31-38(34,35)17-7-8-17/h3-6,9-10,13,15-17,21,31H,7-8,11-12H2,1-2H3/t15-,16+,21+/m1/s1. The lowest BCUT2D eigenvalue weighted by Gasteiger charge is -2.22. The molecule has 4 aromatic rings. The summed E-state index contributed by atoms with van der Waals surface area (Å²) in [6.45, 7) is 3.61. The number of benzene rings is 1. The maximum Gasteiger partial charge on any atom is 0.449 e. The second-order valence-electron chi connectivity index (χ2n) is 10.5. The fraction of sp³-hybridized carbons (Fsp3) is 0.440. The molecule has 3 heterocycles. The first kappa shape index (κ1) is 26.3. The maximum atomic E-state index is 14.3. The Kier molecular flexibility index (Phi) is 5.90. The maximum absolute atomic E-state index is 14.3. The third kappa shape index (κ3) is 4.42. The molecule has 2 aliphatic rings. The van der Waals surface area contributed by atoms with Gasteiger partial charge in [-0.1, -0.05) is 24.6 Å². The van der Waals surface area contributed by atoms with Gasteiger partial charge in [-0.2, -0.15) is 13.2 Å². The molecule has 0 saturated heterocycles. The van der Waals surface area contributed by atoms with E-state index in [4.69, 9.17) is 0 Å². The molecule has 208 valence electrons. The summed E-state index contributed by atoms with van der Waals surface area (Å²) >= 11 is 0. The second kappa shape index (κ2) is 8.77. The summed E-state index contributed by atoms with van der Waals surface area (Å²) in [5, 5.41) is -0.229. The van der Waals surface area contributed by atoms with E-state index in [1.165, 1.54) is 24.4 Å². The first-order valence-electron chi connectivity index (χ1n) is 12.6. The van der Waals surface area contributed by atoms with Crippen LogP contribution in [0.2, 0.25) is 0 Å². The summed E-state index contributed by atoms with van der Waals surface area (Å²) in [5.41, 5.74) is 0.954. The molecule has 2 fully saturated rings. The van der Waals surface area contributed by atoms with Gasteiger partial charge in [-0.05, 0) is 56.7 Å². The Hall–Kier alpha value is -2.97. The van der Waals surface area contributed by atoms with Gasteiger partial charge in [0.2, 0.25) is 15.8 Å². The minimum atomic E-state index is -4.80. The highest BCUT2D eigenvalue weighted by molar-refractivity contribution is 7.90. The van der Waals surface area contributed by atoms with Crippen LogP contribution in [0.3, 0.4) is 0 Å². The van der Waals surface area contributed by atoms with E-state index in [1.54, 1.807) is 19.1 Å². The van der Waals surface area contributed by atoms with Gasteiger partial charge in [-0.3, -0.25) is 0 Å². The summed E-state index contributed by atoms with van der Waals surface area (Å²) in [5.74, 6) is -1.43. The number of nitrogens with one attached hydrogen (secondary N) is 1. The minimum Gasteiger partial charge on any atom is -0.316 e. The largest absolute Gasteiger partial charge is 0.449 e. The molecule has 6 rings (SSSR count). The normalized spacial score (nSPS) is 22.7. The van der Waals surface area contributed by atoms with E-state index in [0.29, 0.717) is 19.3 Å². The van der Waals surface area contributed by atoms with E-state index in [1.807, 2.05) is 6.92 Å². The van der Waals surface area contributed by atoms with Crippen molar-refractivity contribution >= 4 is 42.1 Å². The molecule has 0 unspecified atom stereocenters. The van der Waals surface area contributed by atoms with Crippen LogP contribution < -0.4 is 4.72 Å². The first-order valence-corrected chi connectivity index (χ1v) is 15.5. The molecule has 0 spiro atoms. The van der Waals surface area contributed by atoms with E-state index in [0.717, 1.165) is 20.3 Å². The predicted octanol–water partition coefficient (Wildman–Crippen LogP) is 4.37. The zero-order chi connectivity index (χ0) is 27.9. The molecule has 39 heavy (non-hydrogen) atoms. The fourth-order valence-corrected chi connectivity index (χ4v) is 8.48. The van der Waals surface area contributed by atoms with Crippen LogP contribution in [0.5, 0.6) is 0 Å². The molecule has 1 N–H and O–H groups in total. The van der Waals surface area contributed by atoms with Crippen molar-refractivity contribution in [3.05, 3.63) is 54.1 Å². The number of halogens is 3. The summed E-state index contributed by atoms with van der Waals surface area (Å²) in [6.07, 6.45) is -0.692. The molecule has 0 radical (unpaired) electrons. The molecule has 14 heteroatoms. The van der Waals surface area contributed by atoms with Crippen LogP contribution in [0.4, 0.5) is 13.2 Å². The lowest BCUT2D eigenvalue weighted by molar-refractivity contribution is -0.147. The first-order chi connectivity index (χ1) is 18.3. The van der Waals surface area contributed by atoms with E-state index in [-0.39, 0.29) is 39.3 Å². The highest BCUT2D eigenvalue weighted by Crippen LogP contribution is 2.44. The van der Waals surface area contributed by atoms with Gasteiger partial charge in [0.15, 0.2) is 5.65 Å². The summed E-state index contributed by atoms with van der Waals surface area (Å²) < 4.78 is 99.4. The Balaban J connectivity index is 1.49. The van der Waals surface area contributed by atoms with Gasteiger partial charge in [0, 0.05) is 23.7 Å². The molecule has 9 nitrogen and oxygen atoms in total. The van der Waals surface area contributed by atoms with Crippen LogP contribution in [-0.4, -0.2) is 46.6 Å². The highest BCUT2D eigenvalue weighted by Gasteiger charge is 2.45. The number of nitrogens with zero attached hydrogens (tertiary/aromatic N) is 4. The SMILES string of the molecule is Cc1ccc(S(=O)(=O)n2ccc3c2ncc2nc(C(F)(F)F)n([C@H]4C[C@@H](NS(=O)(=O)C5CC5)C[C@H]4C)c23)cc1. The van der Waals surface area contributed by atoms with Crippen LogP contribution in [0.15, 0.2) is 47.6 Å². The van der Waals surface area contributed by atoms with Crippen molar-refractivity contribution in [2.75, 3.05) is 0 Å². The number of hydrogen-bond acceptors (Lipinski definition) is 6. The van der Waals surface area contributed by atoms with Crippen LogP contribution in [-0.2, 0) is 26.2 Å². The zero-order valence-corrected chi connectivity index (χ0v) is 22.7. The molecule has 2 saturated carbocycles. The molecule has 1 aromatic carbocycles. The van der Waals surface area contributed by atoms with Gasteiger partial charge in [-0.25, -0.2) is 35.5 Å². The van der Waals surface area contributed by atoms with Crippen LogP contribution in [0, 0.1) is 12.8 Å².